The van der Waals surface area contributed by atoms with Crippen LogP contribution in [0.4, 0.5) is 0 Å². The number of nitrogens with zero attached hydrogens (tertiary/aromatic N) is 2. The van der Waals surface area contributed by atoms with Crippen molar-refractivity contribution in [1.29, 1.82) is 0 Å². The number of ether oxygens (including phenoxy) is 1. The van der Waals surface area contributed by atoms with E-state index in [4.69, 9.17) is 4.74 Å². The van der Waals surface area contributed by atoms with E-state index in [1.807, 2.05) is 18.2 Å². The van der Waals surface area contributed by atoms with Crippen LogP contribution in [0.5, 0.6) is 5.75 Å². The van der Waals surface area contributed by atoms with Gasteiger partial charge in [0.05, 0.1) is 7.11 Å². The molecule has 0 amide bonds. The van der Waals surface area contributed by atoms with Crippen LogP contribution in [0.3, 0.4) is 0 Å². The minimum Gasteiger partial charge on any atom is -0.497 e. The van der Waals surface area contributed by atoms with Crippen molar-refractivity contribution in [3.8, 4) is 5.75 Å². The van der Waals surface area contributed by atoms with Crippen molar-refractivity contribution in [1.82, 2.24) is 15.5 Å². The van der Waals surface area contributed by atoms with Crippen molar-refractivity contribution in [2.24, 2.45) is 4.99 Å². The summed E-state index contributed by atoms with van der Waals surface area (Å²) >= 11 is 0. The van der Waals surface area contributed by atoms with Crippen molar-refractivity contribution >= 4 is 29.9 Å². The minimum atomic E-state index is 0. The fourth-order valence-electron chi connectivity index (χ4n) is 2.09. The van der Waals surface area contributed by atoms with Gasteiger partial charge < -0.3 is 20.3 Å². The van der Waals surface area contributed by atoms with Crippen LogP contribution in [0.1, 0.15) is 25.3 Å². The summed E-state index contributed by atoms with van der Waals surface area (Å²) in [5.41, 5.74) is 1.17. The maximum Gasteiger partial charge on any atom is 0.191 e. The maximum atomic E-state index is 5.23. The van der Waals surface area contributed by atoms with Crippen LogP contribution >= 0.6 is 24.0 Å². The van der Waals surface area contributed by atoms with E-state index >= 15 is 0 Å². The molecule has 0 bridgehead atoms. The van der Waals surface area contributed by atoms with Gasteiger partial charge in [0.2, 0.25) is 0 Å². The first-order valence-electron chi connectivity index (χ1n) is 7.95. The number of unbranched alkanes of at least 4 members (excludes halogenated alkanes) is 1. The zero-order chi connectivity index (χ0) is 16.2. The van der Waals surface area contributed by atoms with Gasteiger partial charge in [0.15, 0.2) is 5.96 Å². The number of hydrogen-bond acceptors (Lipinski definition) is 3. The Bertz CT molecular complexity index is 454. The molecule has 0 saturated carbocycles. The third kappa shape index (κ3) is 9.65. The average molecular weight is 434 g/mol. The number of halogens is 1. The van der Waals surface area contributed by atoms with Gasteiger partial charge in [-0.3, -0.25) is 4.99 Å². The van der Waals surface area contributed by atoms with Gasteiger partial charge in [0.1, 0.15) is 5.75 Å². The van der Waals surface area contributed by atoms with E-state index in [1.165, 1.54) is 18.4 Å². The Hall–Kier alpha value is -1.02. The van der Waals surface area contributed by atoms with Crippen LogP contribution in [-0.4, -0.2) is 51.7 Å². The van der Waals surface area contributed by atoms with Crippen molar-refractivity contribution in [2.45, 2.75) is 26.3 Å². The molecule has 0 aliphatic heterocycles. The lowest BCUT2D eigenvalue weighted by atomic mass is 10.2. The fourth-order valence-corrected chi connectivity index (χ4v) is 2.09. The standard InChI is InChI=1S/C17H30N4O.HI/c1-5-6-11-21(3)12-10-19-17(18-2)20-14-15-8-7-9-16(13-15)22-4;/h7-9,13H,5-6,10-12,14H2,1-4H3,(H2,18,19,20);1H. The van der Waals surface area contributed by atoms with Crippen LogP contribution in [0, 0.1) is 0 Å². The zero-order valence-electron chi connectivity index (χ0n) is 14.8. The zero-order valence-corrected chi connectivity index (χ0v) is 17.1. The van der Waals surface area contributed by atoms with Crippen LogP contribution in [0.15, 0.2) is 29.3 Å². The van der Waals surface area contributed by atoms with Crippen LogP contribution in [-0.2, 0) is 6.54 Å². The Morgan fingerprint density at radius 2 is 2.04 bits per heavy atom. The van der Waals surface area contributed by atoms with Crippen molar-refractivity contribution in [3.05, 3.63) is 29.8 Å². The Labute approximate surface area is 157 Å². The second kappa shape index (κ2) is 13.4. The summed E-state index contributed by atoms with van der Waals surface area (Å²) in [7, 11) is 5.63. The van der Waals surface area contributed by atoms with E-state index in [-0.39, 0.29) is 24.0 Å². The molecule has 132 valence electrons. The predicted molar refractivity (Wildman–Crippen MR) is 109 cm³/mol. The average Bonchev–Trinajstić information content (AvgIpc) is 2.56. The molecule has 0 aromatic heterocycles. The smallest absolute Gasteiger partial charge is 0.191 e. The van der Waals surface area contributed by atoms with Gasteiger partial charge in [-0.15, -0.1) is 24.0 Å². The summed E-state index contributed by atoms with van der Waals surface area (Å²) in [6, 6.07) is 8.04. The summed E-state index contributed by atoms with van der Waals surface area (Å²) in [5.74, 6) is 1.70. The molecule has 1 aromatic carbocycles. The summed E-state index contributed by atoms with van der Waals surface area (Å²) in [4.78, 5) is 6.59. The van der Waals surface area contributed by atoms with Crippen LogP contribution in [0.25, 0.3) is 0 Å². The predicted octanol–water partition coefficient (Wildman–Crippen LogP) is 2.71. The van der Waals surface area contributed by atoms with Gasteiger partial charge in [0.25, 0.3) is 0 Å². The highest BCUT2D eigenvalue weighted by molar-refractivity contribution is 14.0. The van der Waals surface area contributed by atoms with E-state index in [2.05, 4.69) is 40.6 Å². The van der Waals surface area contributed by atoms with Crippen molar-refractivity contribution in [2.75, 3.05) is 40.8 Å². The van der Waals surface area contributed by atoms with Gasteiger partial charge >= 0.3 is 0 Å². The molecule has 23 heavy (non-hydrogen) atoms. The normalized spacial score (nSPS) is 11.1. The van der Waals surface area contributed by atoms with Crippen molar-refractivity contribution in [3.63, 3.8) is 0 Å². The van der Waals surface area contributed by atoms with Gasteiger partial charge in [-0.1, -0.05) is 25.5 Å². The van der Waals surface area contributed by atoms with E-state index in [0.717, 1.165) is 37.9 Å². The molecular weight excluding hydrogens is 403 g/mol. The highest BCUT2D eigenvalue weighted by Gasteiger charge is 2.01. The van der Waals surface area contributed by atoms with Crippen LogP contribution < -0.4 is 15.4 Å². The highest BCUT2D eigenvalue weighted by Crippen LogP contribution is 2.11. The van der Waals surface area contributed by atoms with Crippen LogP contribution in [0.2, 0.25) is 0 Å². The number of hydrogen-bond donors (Lipinski definition) is 2. The van der Waals surface area contributed by atoms with Gasteiger partial charge in [-0.25, -0.2) is 0 Å². The lowest BCUT2D eigenvalue weighted by Gasteiger charge is -2.18. The molecule has 5 nitrogen and oxygen atoms in total. The number of methoxy groups -OCH3 is 1. The SMILES string of the molecule is CCCCN(C)CCNC(=NC)NCc1cccc(OC)c1.I. The van der Waals surface area contributed by atoms with Gasteiger partial charge in [0, 0.05) is 26.7 Å². The second-order valence-electron chi connectivity index (χ2n) is 5.36. The molecule has 0 unspecified atom stereocenters. The van der Waals surface area contributed by atoms with E-state index < -0.39 is 0 Å². The molecule has 0 aliphatic rings. The first-order chi connectivity index (χ1) is 10.7. The second-order valence-corrected chi connectivity index (χ2v) is 5.36. The van der Waals surface area contributed by atoms with Gasteiger partial charge in [-0.05, 0) is 37.7 Å². The van der Waals surface area contributed by atoms with Crippen molar-refractivity contribution < 1.29 is 4.74 Å². The van der Waals surface area contributed by atoms with E-state index in [1.54, 1.807) is 14.2 Å². The first kappa shape index (κ1) is 22.0. The number of likely N-dealkylation sites (N-methyl/N-ethyl adjacent to an activating group) is 1. The first-order valence-corrected chi connectivity index (χ1v) is 7.95. The summed E-state index contributed by atoms with van der Waals surface area (Å²) in [6.07, 6.45) is 2.49. The monoisotopic (exact) mass is 434 g/mol. The summed E-state index contributed by atoms with van der Waals surface area (Å²) in [5, 5.41) is 6.66. The Morgan fingerprint density at radius 3 is 2.70 bits per heavy atom. The Balaban J connectivity index is 0.00000484. The molecule has 0 saturated heterocycles. The number of guanidine groups is 1. The number of rotatable bonds is 9. The molecule has 2 N–H and O–H groups in total. The minimum absolute atomic E-state index is 0. The number of aliphatic imine (C=N–C) groups is 1. The number of benzene rings is 1. The third-order valence-corrected chi connectivity index (χ3v) is 3.50. The molecule has 0 spiro atoms. The fraction of sp³-hybridized carbons (Fsp3) is 0.588. The molecule has 0 fully saturated rings. The molecule has 0 heterocycles. The molecular formula is C17H31IN4O. The number of nitrogens with one attached hydrogen (secondary N) is 2. The quantitative estimate of drug-likeness (QED) is 0.357. The summed E-state index contributed by atoms with van der Waals surface area (Å²) < 4.78 is 5.23. The van der Waals surface area contributed by atoms with Gasteiger partial charge in [-0.2, -0.15) is 0 Å². The van der Waals surface area contributed by atoms with E-state index in [0.29, 0.717) is 0 Å². The lowest BCUT2D eigenvalue weighted by Crippen LogP contribution is -2.40. The molecule has 6 heteroatoms. The lowest BCUT2D eigenvalue weighted by molar-refractivity contribution is 0.332. The van der Waals surface area contributed by atoms with E-state index in [9.17, 15) is 0 Å². The largest absolute Gasteiger partial charge is 0.497 e. The molecule has 0 aliphatic carbocycles. The highest BCUT2D eigenvalue weighted by atomic mass is 127. The molecule has 1 rings (SSSR count). The maximum absolute atomic E-state index is 5.23. The molecule has 0 radical (unpaired) electrons. The topological polar surface area (TPSA) is 48.9 Å². The Kier molecular flexibility index (Phi) is 12.8. The summed E-state index contributed by atoms with van der Waals surface area (Å²) in [6.45, 7) is 5.99. The third-order valence-electron chi connectivity index (χ3n) is 3.50. The molecule has 1 aromatic rings. The molecule has 0 atom stereocenters. The Morgan fingerprint density at radius 1 is 1.26 bits per heavy atom.